The van der Waals surface area contributed by atoms with Crippen molar-refractivity contribution in [1.82, 2.24) is 4.98 Å². The van der Waals surface area contributed by atoms with E-state index in [9.17, 15) is 18.0 Å². The summed E-state index contributed by atoms with van der Waals surface area (Å²) in [5.74, 6) is 0.122. The number of rotatable bonds is 8. The summed E-state index contributed by atoms with van der Waals surface area (Å²) < 4.78 is 33.1. The molecule has 1 aromatic heterocycles. The van der Waals surface area contributed by atoms with Gasteiger partial charge < -0.3 is 4.74 Å². The first-order valence-corrected chi connectivity index (χ1v) is 12.8. The first-order valence-electron chi connectivity index (χ1n) is 10.4. The third kappa shape index (κ3) is 5.73. The van der Waals surface area contributed by atoms with Crippen molar-refractivity contribution in [2.24, 2.45) is 0 Å². The molecule has 0 saturated heterocycles. The van der Waals surface area contributed by atoms with Crippen LogP contribution in [0.15, 0.2) is 83.1 Å². The molecule has 2 N–H and O–H groups in total. The van der Waals surface area contributed by atoms with Crippen LogP contribution in [0.2, 0.25) is 0 Å². The van der Waals surface area contributed by atoms with Crippen LogP contribution >= 0.6 is 11.3 Å². The molecule has 0 radical (unpaired) electrons. The van der Waals surface area contributed by atoms with Crippen molar-refractivity contribution in [1.29, 1.82) is 0 Å². The van der Waals surface area contributed by atoms with Crippen LogP contribution in [0.25, 0.3) is 11.3 Å². The summed E-state index contributed by atoms with van der Waals surface area (Å²) >= 11 is 1.28. The van der Waals surface area contributed by atoms with Crippen LogP contribution in [0.4, 0.5) is 10.8 Å². The molecule has 0 aliphatic heterocycles. The van der Waals surface area contributed by atoms with Crippen LogP contribution in [0, 0.1) is 0 Å². The summed E-state index contributed by atoms with van der Waals surface area (Å²) in [7, 11) is -2.32. The van der Waals surface area contributed by atoms with E-state index in [-0.39, 0.29) is 21.9 Å². The molecular formula is C25H21N3O5S2. The van der Waals surface area contributed by atoms with E-state index in [0.717, 1.165) is 5.56 Å². The fourth-order valence-electron chi connectivity index (χ4n) is 3.22. The minimum Gasteiger partial charge on any atom is -0.497 e. The molecule has 0 unspecified atom stereocenters. The lowest BCUT2D eigenvalue weighted by molar-refractivity contribution is 0.101. The highest BCUT2D eigenvalue weighted by molar-refractivity contribution is 7.92. The van der Waals surface area contributed by atoms with Crippen LogP contribution in [0.3, 0.4) is 0 Å². The number of amides is 1. The van der Waals surface area contributed by atoms with E-state index in [1.54, 1.807) is 25.3 Å². The normalized spacial score (nSPS) is 11.0. The number of carbonyl (C=O) groups excluding carboxylic acids is 2. The van der Waals surface area contributed by atoms with Gasteiger partial charge in [-0.15, -0.1) is 11.3 Å². The lowest BCUT2D eigenvalue weighted by atomic mass is 10.1. The Labute approximate surface area is 206 Å². The number of carbonyl (C=O) groups is 2. The van der Waals surface area contributed by atoms with Crippen molar-refractivity contribution in [3.05, 3.63) is 89.3 Å². The van der Waals surface area contributed by atoms with Crippen molar-refractivity contribution in [3.8, 4) is 17.0 Å². The zero-order valence-electron chi connectivity index (χ0n) is 18.8. The van der Waals surface area contributed by atoms with Crippen molar-refractivity contribution in [3.63, 3.8) is 0 Å². The zero-order valence-corrected chi connectivity index (χ0v) is 20.4. The van der Waals surface area contributed by atoms with Gasteiger partial charge in [0.2, 0.25) is 0 Å². The van der Waals surface area contributed by atoms with Crippen LogP contribution in [-0.4, -0.2) is 32.2 Å². The number of ketones is 1. The lowest BCUT2D eigenvalue weighted by Crippen LogP contribution is -2.15. The summed E-state index contributed by atoms with van der Waals surface area (Å²) in [5, 5.41) is 4.97. The topological polar surface area (TPSA) is 114 Å². The number of thiazole rings is 1. The van der Waals surface area contributed by atoms with Gasteiger partial charge in [-0.2, -0.15) is 0 Å². The molecule has 8 nitrogen and oxygen atoms in total. The molecule has 0 bridgehead atoms. The first kappa shape index (κ1) is 24.1. The molecule has 0 spiro atoms. The smallest absolute Gasteiger partial charge is 0.261 e. The van der Waals surface area contributed by atoms with E-state index in [4.69, 9.17) is 4.74 Å². The fraction of sp³-hybridized carbons (Fsp3) is 0.0800. The maximum atomic E-state index is 12.7. The second kappa shape index (κ2) is 10.1. The molecule has 0 saturated carbocycles. The second-order valence-corrected chi connectivity index (χ2v) is 10.0. The Hall–Kier alpha value is -4.02. The van der Waals surface area contributed by atoms with Gasteiger partial charge in [-0.1, -0.05) is 24.3 Å². The number of nitrogens with zero attached hydrogens (tertiary/aromatic N) is 1. The van der Waals surface area contributed by atoms with Crippen LogP contribution < -0.4 is 14.8 Å². The van der Waals surface area contributed by atoms with Crippen LogP contribution in [0.5, 0.6) is 5.75 Å². The van der Waals surface area contributed by atoms with Gasteiger partial charge in [-0.05, 0) is 55.5 Å². The predicted molar refractivity (Wildman–Crippen MR) is 136 cm³/mol. The molecule has 0 aliphatic carbocycles. The number of ether oxygens (including phenoxy) is 1. The van der Waals surface area contributed by atoms with E-state index in [2.05, 4.69) is 15.0 Å². The number of benzene rings is 3. The van der Waals surface area contributed by atoms with Crippen molar-refractivity contribution < 1.29 is 22.7 Å². The number of hydrogen-bond acceptors (Lipinski definition) is 7. The van der Waals surface area contributed by atoms with E-state index in [1.807, 2.05) is 29.6 Å². The quantitative estimate of drug-likeness (QED) is 0.322. The summed E-state index contributed by atoms with van der Waals surface area (Å²) in [4.78, 5) is 28.6. The molecule has 4 aromatic rings. The highest BCUT2D eigenvalue weighted by atomic mass is 32.2. The summed E-state index contributed by atoms with van der Waals surface area (Å²) in [6.45, 7) is 1.41. The number of methoxy groups -OCH3 is 1. The van der Waals surface area contributed by atoms with Gasteiger partial charge in [-0.3, -0.25) is 19.6 Å². The van der Waals surface area contributed by atoms with E-state index < -0.39 is 15.9 Å². The Bertz CT molecular complexity index is 1500. The van der Waals surface area contributed by atoms with Gasteiger partial charge in [0.15, 0.2) is 10.9 Å². The summed E-state index contributed by atoms with van der Waals surface area (Å²) in [6, 6.07) is 19.2. The van der Waals surface area contributed by atoms with E-state index >= 15 is 0 Å². The molecule has 0 aliphatic rings. The predicted octanol–water partition coefficient (Wildman–Crippen LogP) is 5.07. The molecular weight excluding hydrogens is 486 g/mol. The Morgan fingerprint density at radius 1 is 0.943 bits per heavy atom. The molecule has 3 aromatic carbocycles. The van der Waals surface area contributed by atoms with Crippen molar-refractivity contribution >= 4 is 43.9 Å². The monoisotopic (exact) mass is 507 g/mol. The molecule has 0 atom stereocenters. The highest BCUT2D eigenvalue weighted by Gasteiger charge is 2.17. The largest absolute Gasteiger partial charge is 0.497 e. The van der Waals surface area contributed by atoms with Crippen LogP contribution in [-0.2, 0) is 10.0 Å². The molecule has 0 fully saturated rings. The zero-order chi connectivity index (χ0) is 25.0. The average Bonchev–Trinajstić information content (AvgIpc) is 3.32. The lowest BCUT2D eigenvalue weighted by Gasteiger charge is -2.09. The average molecular weight is 508 g/mol. The maximum Gasteiger partial charge on any atom is 0.261 e. The minimum atomic E-state index is -3.90. The molecule has 1 amide bonds. The number of nitrogens with one attached hydrogen (secondary N) is 2. The van der Waals surface area contributed by atoms with E-state index in [1.165, 1.54) is 48.6 Å². The highest BCUT2D eigenvalue weighted by Crippen LogP contribution is 2.28. The summed E-state index contributed by atoms with van der Waals surface area (Å²) in [5.41, 5.74) is 2.51. The SMILES string of the molecule is COc1cccc(-c2csc(NC(=O)c3ccc(S(=O)(=O)Nc4cccc(C(C)=O)c4)cc3)n2)c1. The van der Waals surface area contributed by atoms with Gasteiger partial charge >= 0.3 is 0 Å². The van der Waals surface area contributed by atoms with Gasteiger partial charge in [0.05, 0.1) is 17.7 Å². The molecule has 35 heavy (non-hydrogen) atoms. The molecule has 1 heterocycles. The molecule has 10 heteroatoms. The number of sulfonamides is 1. The van der Waals surface area contributed by atoms with Gasteiger partial charge in [-0.25, -0.2) is 13.4 Å². The number of aromatic nitrogens is 1. The number of Topliss-reactive ketones (excluding diaryl/α,β-unsaturated/α-hetero) is 1. The van der Waals surface area contributed by atoms with E-state index in [0.29, 0.717) is 22.1 Å². The maximum absolute atomic E-state index is 12.7. The van der Waals surface area contributed by atoms with Gasteiger partial charge in [0.1, 0.15) is 5.75 Å². The second-order valence-electron chi connectivity index (χ2n) is 7.49. The van der Waals surface area contributed by atoms with Gasteiger partial charge in [0.25, 0.3) is 15.9 Å². The first-order chi connectivity index (χ1) is 16.7. The Morgan fingerprint density at radius 2 is 1.69 bits per heavy atom. The third-order valence-electron chi connectivity index (χ3n) is 5.04. The fourth-order valence-corrected chi connectivity index (χ4v) is 4.98. The van der Waals surface area contributed by atoms with Crippen molar-refractivity contribution in [2.75, 3.05) is 17.1 Å². The van der Waals surface area contributed by atoms with Crippen LogP contribution in [0.1, 0.15) is 27.6 Å². The number of anilines is 2. The number of hydrogen-bond donors (Lipinski definition) is 2. The molecule has 4 rings (SSSR count). The molecule has 178 valence electrons. The summed E-state index contributed by atoms with van der Waals surface area (Å²) in [6.07, 6.45) is 0. The Balaban J connectivity index is 1.45. The van der Waals surface area contributed by atoms with Crippen molar-refractivity contribution in [2.45, 2.75) is 11.8 Å². The van der Waals surface area contributed by atoms with Gasteiger partial charge in [0, 0.05) is 27.8 Å². The Kier molecular flexibility index (Phi) is 6.94. The minimum absolute atomic E-state index is 0.0168. The third-order valence-corrected chi connectivity index (χ3v) is 7.19. The standard InChI is InChI=1S/C25H21N3O5S2/c1-16(29)18-5-3-7-20(13-18)28-35(31,32)22-11-9-17(10-12-22)24(30)27-25-26-23(15-34-25)19-6-4-8-21(14-19)33-2/h3-15,28H,1-2H3,(H,26,27,30). The Morgan fingerprint density at radius 3 is 2.40 bits per heavy atom.